The van der Waals surface area contributed by atoms with E-state index in [0.29, 0.717) is 10.7 Å². The molecule has 1 atom stereocenters. The van der Waals surface area contributed by atoms with E-state index in [-0.39, 0.29) is 6.10 Å². The molecule has 4 nitrogen and oxygen atoms in total. The lowest BCUT2D eigenvalue weighted by molar-refractivity contribution is 0.0528. The third-order valence-corrected chi connectivity index (χ3v) is 4.09. The summed E-state index contributed by atoms with van der Waals surface area (Å²) in [5.74, 6) is 0. The second-order valence-corrected chi connectivity index (χ2v) is 5.04. The highest BCUT2D eigenvalue weighted by molar-refractivity contribution is 7.10. The predicted octanol–water partition coefficient (Wildman–Crippen LogP) is 2.67. The summed E-state index contributed by atoms with van der Waals surface area (Å²) in [5.41, 5.74) is 0.494. The van der Waals surface area contributed by atoms with E-state index in [2.05, 4.69) is 15.3 Å². The van der Waals surface area contributed by atoms with Crippen molar-refractivity contribution in [2.75, 3.05) is 24.6 Å². The average molecular weight is 272 g/mol. The molecular weight excluding hydrogens is 258 g/mol. The molecule has 2 rings (SSSR count). The normalized spacial score (nSPS) is 20.3. The predicted molar refractivity (Wildman–Crippen MR) is 68.7 cm³/mol. The Morgan fingerprint density at radius 1 is 1.71 bits per heavy atom. The number of aromatic nitrogens is 1. The number of halogens is 1. The van der Waals surface area contributed by atoms with Gasteiger partial charge in [-0.05, 0) is 31.3 Å². The minimum Gasteiger partial charge on any atom is -0.377 e. The molecule has 1 aromatic heterocycles. The van der Waals surface area contributed by atoms with Gasteiger partial charge in [-0.1, -0.05) is 11.6 Å². The van der Waals surface area contributed by atoms with E-state index in [4.69, 9.17) is 21.6 Å². The summed E-state index contributed by atoms with van der Waals surface area (Å²) in [7, 11) is 0. The van der Waals surface area contributed by atoms with E-state index in [1.807, 2.05) is 6.92 Å². The topological polar surface area (TPSA) is 49.1 Å². The molecule has 0 bridgehead atoms. The van der Waals surface area contributed by atoms with Crippen LogP contribution in [-0.4, -0.2) is 30.2 Å². The fourth-order valence-corrected chi connectivity index (χ4v) is 3.13. The van der Waals surface area contributed by atoms with E-state index < -0.39 is 0 Å². The summed E-state index contributed by atoms with van der Waals surface area (Å²) in [6.07, 6.45) is 2.41. The van der Waals surface area contributed by atoms with Crippen LogP contribution in [0.4, 0.5) is 5.00 Å². The lowest BCUT2D eigenvalue weighted by atomic mass is 10.1. The number of anilines is 1. The van der Waals surface area contributed by atoms with Crippen molar-refractivity contribution >= 4 is 28.1 Å². The van der Waals surface area contributed by atoms with Crippen LogP contribution in [0, 0.1) is 11.3 Å². The second kappa shape index (κ2) is 5.67. The number of hydrogen-bond acceptors (Lipinski definition) is 5. The van der Waals surface area contributed by atoms with Crippen LogP contribution in [0.15, 0.2) is 0 Å². The SMILES string of the molecule is CCOC1CCCN(c2snc(Cl)c2C#N)C1. The summed E-state index contributed by atoms with van der Waals surface area (Å²) in [4.78, 5) is 2.16. The average Bonchev–Trinajstić information content (AvgIpc) is 2.71. The van der Waals surface area contributed by atoms with Crippen molar-refractivity contribution in [2.45, 2.75) is 25.9 Å². The highest BCUT2D eigenvalue weighted by Gasteiger charge is 2.25. The molecule has 1 aliphatic heterocycles. The molecule has 1 aliphatic rings. The van der Waals surface area contributed by atoms with E-state index in [1.54, 1.807) is 0 Å². The van der Waals surface area contributed by atoms with Gasteiger partial charge in [0.05, 0.1) is 6.10 Å². The maximum Gasteiger partial charge on any atom is 0.162 e. The molecule has 0 N–H and O–H groups in total. The fourth-order valence-electron chi connectivity index (χ4n) is 2.07. The first kappa shape index (κ1) is 12.6. The zero-order chi connectivity index (χ0) is 12.3. The Morgan fingerprint density at radius 2 is 2.53 bits per heavy atom. The maximum absolute atomic E-state index is 9.06. The van der Waals surface area contributed by atoms with Crippen molar-refractivity contribution in [1.82, 2.24) is 4.37 Å². The van der Waals surface area contributed by atoms with E-state index in [0.717, 1.165) is 37.5 Å². The number of piperidine rings is 1. The molecule has 0 radical (unpaired) electrons. The van der Waals surface area contributed by atoms with Crippen LogP contribution in [0.25, 0.3) is 0 Å². The van der Waals surface area contributed by atoms with Crippen LogP contribution in [-0.2, 0) is 4.74 Å². The smallest absolute Gasteiger partial charge is 0.162 e. The molecule has 0 aliphatic carbocycles. The van der Waals surface area contributed by atoms with E-state index >= 15 is 0 Å². The highest BCUT2D eigenvalue weighted by atomic mass is 35.5. The van der Waals surface area contributed by atoms with Crippen LogP contribution in [0.5, 0.6) is 0 Å². The Bertz CT molecular complexity index is 427. The molecule has 0 spiro atoms. The van der Waals surface area contributed by atoms with Crippen molar-refractivity contribution < 1.29 is 4.74 Å². The molecule has 0 saturated carbocycles. The molecule has 0 amide bonds. The largest absolute Gasteiger partial charge is 0.377 e. The summed E-state index contributed by atoms with van der Waals surface area (Å²) in [6, 6.07) is 2.12. The van der Waals surface area contributed by atoms with Gasteiger partial charge < -0.3 is 9.64 Å². The van der Waals surface area contributed by atoms with Crippen molar-refractivity contribution in [3.8, 4) is 6.07 Å². The lowest BCUT2D eigenvalue weighted by Gasteiger charge is -2.32. The molecule has 1 saturated heterocycles. The van der Waals surface area contributed by atoms with Gasteiger partial charge in [0.15, 0.2) is 5.15 Å². The number of hydrogen-bond donors (Lipinski definition) is 0. The molecule has 1 aromatic rings. The molecule has 2 heterocycles. The molecule has 92 valence electrons. The fraction of sp³-hybridized carbons (Fsp3) is 0.636. The van der Waals surface area contributed by atoms with E-state index in [1.165, 1.54) is 11.5 Å². The molecular formula is C11H14ClN3OS. The van der Waals surface area contributed by atoms with Crippen LogP contribution < -0.4 is 4.90 Å². The van der Waals surface area contributed by atoms with Gasteiger partial charge in [0, 0.05) is 19.7 Å². The van der Waals surface area contributed by atoms with Gasteiger partial charge in [0.2, 0.25) is 0 Å². The standard InChI is InChI=1S/C11H14ClN3OS/c1-2-16-8-4-3-5-15(7-8)11-9(6-13)10(12)14-17-11/h8H,2-5,7H2,1H3. The van der Waals surface area contributed by atoms with Crippen LogP contribution in [0.1, 0.15) is 25.3 Å². The lowest BCUT2D eigenvalue weighted by Crippen LogP contribution is -2.39. The molecule has 17 heavy (non-hydrogen) atoms. The Labute approximate surface area is 110 Å². The Hall–Kier alpha value is -0.830. The summed E-state index contributed by atoms with van der Waals surface area (Å²) < 4.78 is 9.68. The third kappa shape index (κ3) is 2.71. The number of rotatable bonds is 3. The number of nitrogens with zero attached hydrogens (tertiary/aromatic N) is 3. The van der Waals surface area contributed by atoms with Gasteiger partial charge in [0.1, 0.15) is 16.6 Å². The minimum absolute atomic E-state index is 0.251. The summed E-state index contributed by atoms with van der Waals surface area (Å²) in [5, 5.41) is 10.3. The zero-order valence-corrected chi connectivity index (χ0v) is 11.2. The highest BCUT2D eigenvalue weighted by Crippen LogP contribution is 2.33. The zero-order valence-electron chi connectivity index (χ0n) is 9.65. The van der Waals surface area contributed by atoms with Gasteiger partial charge in [-0.15, -0.1) is 0 Å². The molecule has 0 aromatic carbocycles. The van der Waals surface area contributed by atoms with Crippen LogP contribution in [0.3, 0.4) is 0 Å². The minimum atomic E-state index is 0.251. The Morgan fingerprint density at radius 3 is 3.24 bits per heavy atom. The Kier molecular flexibility index (Phi) is 4.21. The first-order chi connectivity index (χ1) is 8.26. The van der Waals surface area contributed by atoms with E-state index in [9.17, 15) is 0 Å². The molecule has 1 unspecified atom stereocenters. The first-order valence-electron chi connectivity index (χ1n) is 5.68. The monoisotopic (exact) mass is 271 g/mol. The van der Waals surface area contributed by atoms with Crippen molar-refractivity contribution in [3.05, 3.63) is 10.7 Å². The number of nitriles is 1. The van der Waals surface area contributed by atoms with Gasteiger partial charge >= 0.3 is 0 Å². The summed E-state index contributed by atoms with van der Waals surface area (Å²) >= 11 is 7.17. The van der Waals surface area contributed by atoms with Crippen molar-refractivity contribution in [2.24, 2.45) is 0 Å². The number of ether oxygens (including phenoxy) is 1. The molecule has 1 fully saturated rings. The van der Waals surface area contributed by atoms with Gasteiger partial charge in [-0.3, -0.25) is 0 Å². The third-order valence-electron chi connectivity index (χ3n) is 2.81. The van der Waals surface area contributed by atoms with Crippen LogP contribution in [0.2, 0.25) is 5.15 Å². The maximum atomic E-state index is 9.06. The quantitative estimate of drug-likeness (QED) is 0.848. The molecule has 6 heteroatoms. The van der Waals surface area contributed by atoms with Gasteiger partial charge in [0.25, 0.3) is 0 Å². The van der Waals surface area contributed by atoms with Crippen molar-refractivity contribution in [1.29, 1.82) is 5.26 Å². The van der Waals surface area contributed by atoms with Gasteiger partial charge in [-0.2, -0.15) is 9.64 Å². The Balaban J connectivity index is 2.14. The second-order valence-electron chi connectivity index (χ2n) is 3.93. The van der Waals surface area contributed by atoms with Crippen LogP contribution >= 0.6 is 23.1 Å². The van der Waals surface area contributed by atoms with Crippen molar-refractivity contribution in [3.63, 3.8) is 0 Å². The summed E-state index contributed by atoms with van der Waals surface area (Å²) in [6.45, 7) is 4.49. The van der Waals surface area contributed by atoms with Gasteiger partial charge in [-0.25, -0.2) is 0 Å². The first-order valence-corrected chi connectivity index (χ1v) is 6.83.